The van der Waals surface area contributed by atoms with Crippen molar-refractivity contribution in [3.8, 4) is 5.75 Å². The van der Waals surface area contributed by atoms with Gasteiger partial charge in [-0.2, -0.15) is 4.31 Å². The molecule has 1 aliphatic heterocycles. The first-order chi connectivity index (χ1) is 16.9. The molecule has 1 saturated heterocycles. The Hall–Kier alpha value is -2.05. The van der Waals surface area contributed by atoms with Crippen molar-refractivity contribution < 1.29 is 17.9 Å². The number of fused-ring (bicyclic) bond motifs is 1. The summed E-state index contributed by atoms with van der Waals surface area (Å²) in [5.41, 5.74) is 0.737. The zero-order valence-electron chi connectivity index (χ0n) is 20.3. The Bertz CT molecular complexity index is 1240. The Kier molecular flexibility index (Phi) is 8.43. The zero-order valence-corrected chi connectivity index (χ0v) is 22.8. The summed E-state index contributed by atoms with van der Waals surface area (Å²) < 4.78 is 34.5. The minimum atomic E-state index is -3.60. The number of ether oxygens (including phenoxy) is 1. The molecule has 1 fully saturated rings. The number of benzene rings is 1. The van der Waals surface area contributed by atoms with E-state index in [1.807, 2.05) is 18.2 Å². The molecular formula is C24H32N4O4S3. The molecule has 0 aliphatic carbocycles. The van der Waals surface area contributed by atoms with E-state index in [0.29, 0.717) is 41.0 Å². The highest BCUT2D eigenvalue weighted by Gasteiger charge is 2.36. The number of thiophene rings is 1. The number of rotatable bonds is 10. The van der Waals surface area contributed by atoms with Crippen molar-refractivity contribution in [2.75, 3.05) is 51.3 Å². The fourth-order valence-electron chi connectivity index (χ4n) is 4.39. The van der Waals surface area contributed by atoms with E-state index in [9.17, 15) is 13.2 Å². The third-order valence-corrected chi connectivity index (χ3v) is 10.7. The molecule has 8 nitrogen and oxygen atoms in total. The normalized spacial score (nSPS) is 17.2. The Balaban J connectivity index is 1.62. The molecule has 190 valence electrons. The number of hydrogen-bond acceptors (Lipinski definition) is 8. The number of para-hydroxylation sites is 1. The van der Waals surface area contributed by atoms with Crippen LogP contribution in [0, 0.1) is 5.92 Å². The lowest BCUT2D eigenvalue weighted by molar-refractivity contribution is -0.123. The van der Waals surface area contributed by atoms with E-state index in [2.05, 4.69) is 18.7 Å². The largest absolute Gasteiger partial charge is 0.494 e. The number of nitrogens with zero attached hydrogens (tertiary/aromatic N) is 4. The maximum absolute atomic E-state index is 13.9. The van der Waals surface area contributed by atoms with Crippen LogP contribution < -0.4 is 9.64 Å². The standard InChI is InChI=1S/C24H32N4O4S3/c1-4-26(5-2)14-15-28(24-25-22-19(32-3)10-6-11-20(22)34-24)23(29)18-9-7-13-27(17-18)35(30,31)21-12-8-16-33-21/h6,8,10-12,16,18H,4-5,7,9,13-15,17H2,1-3H3. The van der Waals surface area contributed by atoms with E-state index in [1.165, 1.54) is 27.0 Å². The summed E-state index contributed by atoms with van der Waals surface area (Å²) >= 11 is 2.67. The fourth-order valence-corrected chi connectivity index (χ4v) is 8.08. The number of carbonyl (C=O) groups excluding carboxylic acids is 1. The number of amides is 1. The van der Waals surface area contributed by atoms with E-state index in [4.69, 9.17) is 9.72 Å². The minimum Gasteiger partial charge on any atom is -0.494 e. The summed E-state index contributed by atoms with van der Waals surface area (Å²) in [5, 5.41) is 2.38. The smallest absolute Gasteiger partial charge is 0.252 e. The van der Waals surface area contributed by atoms with Gasteiger partial charge in [0.1, 0.15) is 15.5 Å². The Labute approximate surface area is 215 Å². The summed E-state index contributed by atoms with van der Waals surface area (Å²) in [5.74, 6) is 0.192. The van der Waals surface area contributed by atoms with Gasteiger partial charge in [0.15, 0.2) is 5.13 Å². The highest BCUT2D eigenvalue weighted by Crippen LogP contribution is 2.35. The van der Waals surface area contributed by atoms with Crippen molar-refractivity contribution in [3.05, 3.63) is 35.7 Å². The Morgan fingerprint density at radius 1 is 1.20 bits per heavy atom. The number of hydrogen-bond donors (Lipinski definition) is 0. The predicted octanol–water partition coefficient (Wildman–Crippen LogP) is 4.14. The molecule has 11 heteroatoms. The van der Waals surface area contributed by atoms with Gasteiger partial charge in [0.2, 0.25) is 5.91 Å². The number of carbonyl (C=O) groups is 1. The van der Waals surface area contributed by atoms with Crippen LogP contribution in [-0.4, -0.2) is 74.9 Å². The van der Waals surface area contributed by atoms with E-state index in [0.717, 1.165) is 29.9 Å². The molecule has 0 radical (unpaired) electrons. The van der Waals surface area contributed by atoms with Gasteiger partial charge in [-0.25, -0.2) is 13.4 Å². The average molecular weight is 537 g/mol. The second-order valence-electron chi connectivity index (χ2n) is 8.45. The molecule has 1 unspecified atom stereocenters. The number of thiazole rings is 1. The Morgan fingerprint density at radius 2 is 2.00 bits per heavy atom. The highest BCUT2D eigenvalue weighted by molar-refractivity contribution is 7.91. The topological polar surface area (TPSA) is 83.0 Å². The van der Waals surface area contributed by atoms with Crippen molar-refractivity contribution in [2.45, 2.75) is 30.9 Å². The molecule has 1 amide bonds. The summed E-state index contributed by atoms with van der Waals surface area (Å²) in [6.45, 7) is 7.83. The fraction of sp³-hybridized carbons (Fsp3) is 0.500. The average Bonchev–Trinajstić information content (AvgIpc) is 3.57. The molecule has 3 aromatic rings. The molecule has 1 aromatic carbocycles. The summed E-state index contributed by atoms with van der Waals surface area (Å²) in [4.78, 5) is 22.7. The van der Waals surface area contributed by atoms with Gasteiger partial charge in [-0.3, -0.25) is 9.69 Å². The van der Waals surface area contributed by atoms with Crippen molar-refractivity contribution in [2.24, 2.45) is 5.92 Å². The zero-order chi connectivity index (χ0) is 25.0. The van der Waals surface area contributed by atoms with E-state index in [1.54, 1.807) is 29.5 Å². The monoisotopic (exact) mass is 536 g/mol. The molecule has 0 bridgehead atoms. The lowest BCUT2D eigenvalue weighted by Crippen LogP contribution is -2.48. The molecule has 2 aromatic heterocycles. The third kappa shape index (κ3) is 5.54. The second kappa shape index (κ2) is 11.3. The van der Waals surface area contributed by atoms with Crippen LogP contribution in [0.5, 0.6) is 5.75 Å². The number of aromatic nitrogens is 1. The summed E-state index contributed by atoms with van der Waals surface area (Å²) in [7, 11) is -1.98. The lowest BCUT2D eigenvalue weighted by Gasteiger charge is -2.34. The van der Waals surface area contributed by atoms with Crippen LogP contribution in [0.15, 0.2) is 39.9 Å². The van der Waals surface area contributed by atoms with E-state index < -0.39 is 15.9 Å². The first-order valence-corrected chi connectivity index (χ1v) is 15.0. The van der Waals surface area contributed by atoms with Crippen LogP contribution in [-0.2, 0) is 14.8 Å². The van der Waals surface area contributed by atoms with Gasteiger partial charge in [0.05, 0.1) is 17.7 Å². The van der Waals surface area contributed by atoms with Crippen LogP contribution >= 0.6 is 22.7 Å². The molecule has 1 atom stereocenters. The molecule has 0 spiro atoms. The van der Waals surface area contributed by atoms with Crippen molar-refractivity contribution >= 4 is 54.0 Å². The van der Waals surface area contributed by atoms with Crippen LogP contribution in [0.3, 0.4) is 0 Å². The third-order valence-electron chi connectivity index (χ3n) is 6.44. The molecule has 0 saturated carbocycles. The van der Waals surface area contributed by atoms with Crippen molar-refractivity contribution in [1.29, 1.82) is 0 Å². The van der Waals surface area contributed by atoms with Crippen molar-refractivity contribution in [1.82, 2.24) is 14.2 Å². The van der Waals surface area contributed by atoms with Crippen LogP contribution in [0.2, 0.25) is 0 Å². The first kappa shape index (κ1) is 26.0. The Morgan fingerprint density at radius 3 is 2.69 bits per heavy atom. The maximum atomic E-state index is 13.9. The number of piperidine rings is 1. The minimum absolute atomic E-state index is 0.0683. The predicted molar refractivity (Wildman–Crippen MR) is 142 cm³/mol. The number of sulfonamides is 1. The van der Waals surface area contributed by atoms with Gasteiger partial charge in [-0.15, -0.1) is 11.3 Å². The van der Waals surface area contributed by atoms with Gasteiger partial charge in [-0.1, -0.05) is 37.3 Å². The highest BCUT2D eigenvalue weighted by atomic mass is 32.2. The first-order valence-electron chi connectivity index (χ1n) is 11.9. The lowest BCUT2D eigenvalue weighted by atomic mass is 9.98. The van der Waals surface area contributed by atoms with E-state index in [-0.39, 0.29) is 12.5 Å². The van der Waals surface area contributed by atoms with E-state index >= 15 is 0 Å². The molecule has 35 heavy (non-hydrogen) atoms. The number of likely N-dealkylation sites (N-methyl/N-ethyl adjacent to an activating group) is 1. The molecule has 0 N–H and O–H groups in total. The van der Waals surface area contributed by atoms with Gasteiger partial charge in [-0.05, 0) is 49.5 Å². The number of methoxy groups -OCH3 is 1. The molecule has 4 rings (SSSR count). The molecule has 1 aliphatic rings. The molecule has 3 heterocycles. The maximum Gasteiger partial charge on any atom is 0.252 e. The van der Waals surface area contributed by atoms with Gasteiger partial charge in [0.25, 0.3) is 10.0 Å². The molecular weight excluding hydrogens is 504 g/mol. The van der Waals surface area contributed by atoms with Gasteiger partial charge >= 0.3 is 0 Å². The quantitative estimate of drug-likeness (QED) is 0.387. The SMILES string of the molecule is CCN(CC)CCN(C(=O)C1CCCN(S(=O)(=O)c2cccs2)C1)c1nc2c(OC)cccc2s1. The number of anilines is 1. The van der Waals surface area contributed by atoms with Crippen molar-refractivity contribution in [3.63, 3.8) is 0 Å². The van der Waals surface area contributed by atoms with Gasteiger partial charge in [0, 0.05) is 26.2 Å². The van der Waals surface area contributed by atoms with Gasteiger partial charge < -0.3 is 9.64 Å². The van der Waals surface area contributed by atoms with Crippen LogP contribution in [0.1, 0.15) is 26.7 Å². The summed E-state index contributed by atoms with van der Waals surface area (Å²) in [6.07, 6.45) is 1.31. The van der Waals surface area contributed by atoms with Crippen LogP contribution in [0.4, 0.5) is 5.13 Å². The second-order valence-corrected chi connectivity index (χ2v) is 12.6. The van der Waals surface area contributed by atoms with Crippen LogP contribution in [0.25, 0.3) is 10.2 Å². The summed E-state index contributed by atoms with van der Waals surface area (Å²) in [6, 6.07) is 9.11.